The van der Waals surface area contributed by atoms with E-state index in [4.69, 9.17) is 14.0 Å². The number of carbonyl (C=O) groups is 1. The monoisotopic (exact) mass is 386 g/mol. The fraction of sp³-hybridized carbons (Fsp3) is 0.947. The lowest BCUT2D eigenvalue weighted by Gasteiger charge is -2.38. The molecule has 2 aliphatic heterocycles. The quantitative estimate of drug-likeness (QED) is 0.686. The van der Waals surface area contributed by atoms with Crippen molar-refractivity contribution in [3.8, 4) is 0 Å². The molecule has 0 aromatic carbocycles. The highest BCUT2D eigenvalue weighted by molar-refractivity contribution is 6.74. The van der Waals surface area contributed by atoms with Gasteiger partial charge in [0.15, 0.2) is 8.32 Å². The van der Waals surface area contributed by atoms with Gasteiger partial charge in [-0.1, -0.05) is 20.8 Å². The summed E-state index contributed by atoms with van der Waals surface area (Å²) in [4.78, 5) is 20.6. The lowest BCUT2D eigenvalue weighted by Crippen LogP contribution is -2.46. The molecule has 26 heavy (non-hydrogen) atoms. The van der Waals surface area contributed by atoms with Crippen LogP contribution >= 0.6 is 0 Å². The first-order valence-corrected chi connectivity index (χ1v) is 12.7. The molecule has 1 amide bonds. The molecule has 7 heteroatoms. The molecule has 0 saturated carbocycles. The maximum absolute atomic E-state index is 12.8. The largest absolute Gasteiger partial charge is 0.444 e. The number of nitrogens with zero attached hydrogens (tertiary/aromatic N) is 2. The second kappa shape index (κ2) is 7.41. The van der Waals surface area contributed by atoms with Gasteiger partial charge in [0.1, 0.15) is 11.7 Å². The fourth-order valence-corrected chi connectivity index (χ4v) is 4.65. The van der Waals surface area contributed by atoms with E-state index in [9.17, 15) is 4.79 Å². The zero-order chi connectivity index (χ0) is 19.9. The number of hydroxylamine groups is 2. The van der Waals surface area contributed by atoms with Crippen molar-refractivity contribution in [1.29, 1.82) is 0 Å². The topological polar surface area (TPSA) is 51.2 Å². The van der Waals surface area contributed by atoms with E-state index in [1.54, 1.807) is 0 Å². The minimum absolute atomic E-state index is 0.00423. The number of likely N-dealkylation sites (tertiary alicyclic amines) is 1. The Hall–Kier alpha value is -0.633. The van der Waals surface area contributed by atoms with Crippen LogP contribution in [0, 0.1) is 0 Å². The SMILES string of the molecule is CN1CC[C@@H]([C@@H]2C[C@@H](O[Si](C)(C)C(C)(C)C)CN2C(=O)OC(C)(C)C)O1. The third kappa shape index (κ3) is 5.21. The summed E-state index contributed by atoms with van der Waals surface area (Å²) in [6, 6.07) is 0.00423. The lowest BCUT2D eigenvalue weighted by molar-refractivity contribution is -0.142. The van der Waals surface area contributed by atoms with E-state index in [0.717, 1.165) is 19.4 Å². The first-order chi connectivity index (χ1) is 11.7. The predicted molar refractivity (Wildman–Crippen MR) is 106 cm³/mol. The smallest absolute Gasteiger partial charge is 0.410 e. The molecule has 2 heterocycles. The van der Waals surface area contributed by atoms with Crippen molar-refractivity contribution < 1.29 is 18.8 Å². The van der Waals surface area contributed by atoms with Crippen molar-refractivity contribution in [2.24, 2.45) is 0 Å². The summed E-state index contributed by atoms with van der Waals surface area (Å²) >= 11 is 0. The van der Waals surface area contributed by atoms with Crippen LogP contribution < -0.4 is 0 Å². The Morgan fingerprint density at radius 2 is 1.77 bits per heavy atom. The van der Waals surface area contributed by atoms with Gasteiger partial charge in [-0.25, -0.2) is 4.79 Å². The van der Waals surface area contributed by atoms with Crippen LogP contribution in [-0.4, -0.2) is 68.4 Å². The van der Waals surface area contributed by atoms with Gasteiger partial charge >= 0.3 is 6.09 Å². The summed E-state index contributed by atoms with van der Waals surface area (Å²) in [5.41, 5.74) is -0.507. The first-order valence-electron chi connectivity index (χ1n) is 9.75. The number of ether oxygens (including phenoxy) is 1. The second-order valence-corrected chi connectivity index (χ2v) is 15.0. The van der Waals surface area contributed by atoms with Crippen molar-refractivity contribution in [3.05, 3.63) is 0 Å². The molecular formula is C19H38N2O4Si. The Labute approximate surface area is 160 Å². The number of amides is 1. The van der Waals surface area contributed by atoms with Gasteiger partial charge < -0.3 is 9.16 Å². The summed E-state index contributed by atoms with van der Waals surface area (Å²) in [5, 5.41) is 2.01. The summed E-state index contributed by atoms with van der Waals surface area (Å²) < 4.78 is 12.3. The van der Waals surface area contributed by atoms with E-state index in [0.29, 0.717) is 6.54 Å². The van der Waals surface area contributed by atoms with E-state index >= 15 is 0 Å². The Kier molecular flexibility index (Phi) is 6.18. The van der Waals surface area contributed by atoms with Gasteiger partial charge in [-0.15, -0.1) is 0 Å². The van der Waals surface area contributed by atoms with Crippen LogP contribution in [0.1, 0.15) is 54.4 Å². The number of hydrogen-bond donors (Lipinski definition) is 0. The van der Waals surface area contributed by atoms with Crippen LogP contribution in [0.5, 0.6) is 0 Å². The standard InChI is InChI=1S/C19H38N2O4Si/c1-18(2,3)23-17(22)21-13-14(25-26(8,9)19(4,5)6)12-15(21)16-10-11-20(7)24-16/h14-16H,10-13H2,1-9H3/t14-,15+,16+/m1/s1. The van der Waals surface area contributed by atoms with E-state index < -0.39 is 13.9 Å². The van der Waals surface area contributed by atoms with Gasteiger partial charge in [-0.3, -0.25) is 9.74 Å². The molecule has 152 valence electrons. The van der Waals surface area contributed by atoms with E-state index in [-0.39, 0.29) is 29.4 Å². The van der Waals surface area contributed by atoms with Crippen LogP contribution in [0.3, 0.4) is 0 Å². The lowest BCUT2D eigenvalue weighted by atomic mass is 10.1. The second-order valence-electron chi connectivity index (χ2n) is 10.2. The molecule has 0 aliphatic carbocycles. The molecule has 0 radical (unpaired) electrons. The maximum atomic E-state index is 12.8. The average Bonchev–Trinajstić information content (AvgIpc) is 3.01. The summed E-state index contributed by atoms with van der Waals surface area (Å²) in [7, 11) is 0.0471. The van der Waals surface area contributed by atoms with Crippen molar-refractivity contribution in [3.63, 3.8) is 0 Å². The molecule has 2 fully saturated rings. The van der Waals surface area contributed by atoms with Crippen LogP contribution in [0.2, 0.25) is 18.1 Å². The molecular weight excluding hydrogens is 348 g/mol. The summed E-state index contributed by atoms with van der Waals surface area (Å²) in [6.07, 6.45) is 1.53. The van der Waals surface area contributed by atoms with Gasteiger partial charge in [0, 0.05) is 20.1 Å². The molecule has 0 unspecified atom stereocenters. The first kappa shape index (κ1) is 21.7. The maximum Gasteiger partial charge on any atom is 0.410 e. The van der Waals surface area contributed by atoms with E-state index in [1.165, 1.54) is 0 Å². The number of rotatable bonds is 3. The highest BCUT2D eigenvalue weighted by Gasteiger charge is 2.47. The van der Waals surface area contributed by atoms with Crippen LogP contribution in [0.15, 0.2) is 0 Å². The normalized spacial score (nSPS) is 28.7. The molecule has 0 aromatic heterocycles. The Morgan fingerprint density at radius 1 is 1.15 bits per heavy atom. The average molecular weight is 387 g/mol. The van der Waals surface area contributed by atoms with Gasteiger partial charge in [-0.05, 0) is 51.7 Å². The number of carbonyl (C=O) groups excluding carboxylic acids is 1. The molecule has 0 spiro atoms. The summed E-state index contributed by atoms with van der Waals surface area (Å²) in [5.74, 6) is 0. The minimum Gasteiger partial charge on any atom is -0.444 e. The Balaban J connectivity index is 2.14. The molecule has 0 bridgehead atoms. The van der Waals surface area contributed by atoms with Crippen molar-refractivity contribution in [1.82, 2.24) is 9.96 Å². The van der Waals surface area contributed by atoms with Gasteiger partial charge in [0.05, 0.1) is 12.1 Å². The Bertz CT molecular complexity index is 513. The van der Waals surface area contributed by atoms with Crippen molar-refractivity contribution >= 4 is 14.4 Å². The minimum atomic E-state index is -1.89. The highest BCUT2D eigenvalue weighted by atomic mass is 28.4. The van der Waals surface area contributed by atoms with E-state index in [2.05, 4.69) is 33.9 Å². The molecule has 2 rings (SSSR count). The van der Waals surface area contributed by atoms with Crippen molar-refractivity contribution in [2.75, 3.05) is 20.1 Å². The van der Waals surface area contributed by atoms with Crippen molar-refractivity contribution in [2.45, 2.75) is 96.4 Å². The van der Waals surface area contributed by atoms with Gasteiger partial charge in [0.25, 0.3) is 0 Å². The molecule has 3 atom stereocenters. The summed E-state index contributed by atoms with van der Waals surface area (Å²) in [6.45, 7) is 18.4. The molecule has 0 aromatic rings. The predicted octanol–water partition coefficient (Wildman–Crippen LogP) is 4.02. The van der Waals surface area contributed by atoms with Crippen LogP contribution in [-0.2, 0) is 14.0 Å². The van der Waals surface area contributed by atoms with Gasteiger partial charge in [0.2, 0.25) is 0 Å². The van der Waals surface area contributed by atoms with Crippen LogP contribution in [0.4, 0.5) is 4.79 Å². The van der Waals surface area contributed by atoms with Crippen LogP contribution in [0.25, 0.3) is 0 Å². The molecule has 2 saturated heterocycles. The van der Waals surface area contributed by atoms with Gasteiger partial charge in [-0.2, -0.15) is 5.06 Å². The third-order valence-electron chi connectivity index (χ3n) is 5.67. The fourth-order valence-electron chi connectivity index (χ4n) is 3.30. The zero-order valence-corrected chi connectivity index (χ0v) is 19.1. The molecule has 2 aliphatic rings. The number of hydrogen-bond acceptors (Lipinski definition) is 5. The highest BCUT2D eigenvalue weighted by Crippen LogP contribution is 2.40. The Morgan fingerprint density at radius 3 is 2.23 bits per heavy atom. The zero-order valence-electron chi connectivity index (χ0n) is 18.1. The molecule has 0 N–H and O–H groups in total. The third-order valence-corrected chi connectivity index (χ3v) is 10.2. The van der Waals surface area contributed by atoms with E-state index in [1.807, 2.05) is 37.8 Å². The molecule has 6 nitrogen and oxygen atoms in total.